The van der Waals surface area contributed by atoms with E-state index in [9.17, 15) is 9.59 Å². The van der Waals surface area contributed by atoms with Gasteiger partial charge in [-0.05, 0) is 24.3 Å². The number of carboxylic acid groups (broad SMARTS) is 1. The van der Waals surface area contributed by atoms with Gasteiger partial charge in [-0.1, -0.05) is 12.1 Å². The van der Waals surface area contributed by atoms with Gasteiger partial charge in [0.15, 0.2) is 12.4 Å². The van der Waals surface area contributed by atoms with Crippen molar-refractivity contribution in [3.05, 3.63) is 47.9 Å². The summed E-state index contributed by atoms with van der Waals surface area (Å²) in [6.45, 7) is -0.295. The third kappa shape index (κ3) is 3.83. The number of carbonyl (C=O) groups excluding carboxylic acids is 1. The van der Waals surface area contributed by atoms with Crippen LogP contribution in [0.15, 0.2) is 40.8 Å². The van der Waals surface area contributed by atoms with Crippen molar-refractivity contribution >= 4 is 17.6 Å². The predicted octanol–water partition coefficient (Wildman–Crippen LogP) is 1.45. The van der Waals surface area contributed by atoms with E-state index in [0.29, 0.717) is 11.4 Å². The number of ether oxygens (including phenoxy) is 1. The number of hydrogen-bond donors (Lipinski definition) is 3. The minimum absolute atomic E-state index is 0.114. The Morgan fingerprint density at radius 2 is 2.00 bits per heavy atom. The minimum Gasteiger partial charge on any atom is -0.480 e. The molecule has 0 aliphatic carbocycles. The molecule has 0 radical (unpaired) electrons. The van der Waals surface area contributed by atoms with Gasteiger partial charge >= 0.3 is 5.97 Å². The van der Waals surface area contributed by atoms with E-state index in [-0.39, 0.29) is 18.1 Å². The van der Waals surface area contributed by atoms with Crippen LogP contribution in [0.5, 0.6) is 5.75 Å². The number of nitrogens with one attached hydrogen (secondary N) is 1. The predicted molar refractivity (Wildman–Crippen MR) is 74.1 cm³/mol. The van der Waals surface area contributed by atoms with Crippen molar-refractivity contribution in [3.63, 3.8) is 0 Å². The highest BCUT2D eigenvalue weighted by atomic mass is 16.5. The highest BCUT2D eigenvalue weighted by molar-refractivity contribution is 6.03. The topological polar surface area (TPSA) is 115 Å². The fourth-order valence-electron chi connectivity index (χ4n) is 1.63. The van der Waals surface area contributed by atoms with Gasteiger partial charge in [0.2, 0.25) is 0 Å². The Kier molecular flexibility index (Phi) is 4.57. The van der Waals surface area contributed by atoms with Crippen LogP contribution in [0.3, 0.4) is 0 Å². The summed E-state index contributed by atoms with van der Waals surface area (Å²) >= 11 is 0. The summed E-state index contributed by atoms with van der Waals surface area (Å²) in [6.07, 6.45) is 0. The number of benzene rings is 1. The molecule has 1 amide bonds. The van der Waals surface area contributed by atoms with Gasteiger partial charge in [-0.3, -0.25) is 4.79 Å². The molecule has 1 heterocycles. The first-order chi connectivity index (χ1) is 10.1. The summed E-state index contributed by atoms with van der Waals surface area (Å²) in [4.78, 5) is 22.5. The van der Waals surface area contributed by atoms with E-state index in [0.717, 1.165) is 0 Å². The average molecular weight is 290 g/mol. The number of para-hydroxylation sites is 2. The van der Waals surface area contributed by atoms with Crippen molar-refractivity contribution in [1.82, 2.24) is 0 Å². The lowest BCUT2D eigenvalue weighted by Crippen LogP contribution is -2.14. The first kappa shape index (κ1) is 14.6. The van der Waals surface area contributed by atoms with Gasteiger partial charge in [-0.2, -0.15) is 0 Å². The van der Waals surface area contributed by atoms with Gasteiger partial charge < -0.3 is 25.3 Å². The molecular weight excluding hydrogens is 276 g/mol. The zero-order chi connectivity index (χ0) is 15.2. The van der Waals surface area contributed by atoms with Gasteiger partial charge in [0.25, 0.3) is 5.91 Å². The smallest absolute Gasteiger partial charge is 0.341 e. The van der Waals surface area contributed by atoms with Crippen molar-refractivity contribution in [2.45, 2.75) is 6.54 Å². The SMILES string of the molecule is NCc1ccc(C(=O)Nc2ccccc2OCC(=O)O)o1. The molecule has 0 unspecified atom stereocenters. The maximum atomic E-state index is 12.0. The number of furan rings is 1. The van der Waals surface area contributed by atoms with Crippen LogP contribution in [-0.2, 0) is 11.3 Å². The quantitative estimate of drug-likeness (QED) is 0.741. The van der Waals surface area contributed by atoms with Crippen LogP contribution in [0.2, 0.25) is 0 Å². The van der Waals surface area contributed by atoms with Gasteiger partial charge in [0, 0.05) is 0 Å². The van der Waals surface area contributed by atoms with Crippen LogP contribution in [0.1, 0.15) is 16.3 Å². The number of anilines is 1. The van der Waals surface area contributed by atoms with Crippen LogP contribution in [0.4, 0.5) is 5.69 Å². The maximum Gasteiger partial charge on any atom is 0.341 e. The van der Waals surface area contributed by atoms with Gasteiger partial charge in [-0.15, -0.1) is 0 Å². The second kappa shape index (κ2) is 6.58. The van der Waals surface area contributed by atoms with Gasteiger partial charge in [0.1, 0.15) is 11.5 Å². The number of carboxylic acids is 1. The molecule has 0 saturated carbocycles. The molecular formula is C14H14N2O5. The maximum absolute atomic E-state index is 12.0. The van der Waals surface area contributed by atoms with E-state index in [1.54, 1.807) is 30.3 Å². The molecule has 21 heavy (non-hydrogen) atoms. The normalized spacial score (nSPS) is 10.1. The Labute approximate surface area is 120 Å². The molecule has 0 fully saturated rings. The Bertz CT molecular complexity index is 650. The molecule has 0 saturated heterocycles. The molecule has 7 heteroatoms. The number of nitrogens with two attached hydrogens (primary N) is 1. The molecule has 2 rings (SSSR count). The van der Waals surface area contributed by atoms with E-state index < -0.39 is 18.5 Å². The highest BCUT2D eigenvalue weighted by Gasteiger charge is 2.13. The van der Waals surface area contributed by atoms with Crippen molar-refractivity contribution in [3.8, 4) is 5.75 Å². The zero-order valence-electron chi connectivity index (χ0n) is 11.0. The van der Waals surface area contributed by atoms with Crippen molar-refractivity contribution in [1.29, 1.82) is 0 Å². The van der Waals surface area contributed by atoms with Crippen molar-refractivity contribution in [2.24, 2.45) is 5.73 Å². The lowest BCUT2D eigenvalue weighted by molar-refractivity contribution is -0.139. The molecule has 1 aromatic heterocycles. The van der Waals surface area contributed by atoms with Crippen LogP contribution < -0.4 is 15.8 Å². The molecule has 110 valence electrons. The number of aliphatic carboxylic acids is 1. The van der Waals surface area contributed by atoms with Crippen LogP contribution >= 0.6 is 0 Å². The number of rotatable bonds is 6. The van der Waals surface area contributed by atoms with Crippen LogP contribution in [0, 0.1) is 0 Å². The Morgan fingerprint density at radius 1 is 1.24 bits per heavy atom. The van der Waals surface area contributed by atoms with E-state index in [1.807, 2.05) is 0 Å². The molecule has 0 atom stereocenters. The molecule has 0 bridgehead atoms. The van der Waals surface area contributed by atoms with Crippen LogP contribution in [0.25, 0.3) is 0 Å². The van der Waals surface area contributed by atoms with Crippen molar-refractivity contribution in [2.75, 3.05) is 11.9 Å². The largest absolute Gasteiger partial charge is 0.480 e. The van der Waals surface area contributed by atoms with Crippen LogP contribution in [-0.4, -0.2) is 23.6 Å². The summed E-state index contributed by atoms with van der Waals surface area (Å²) in [7, 11) is 0. The summed E-state index contributed by atoms with van der Waals surface area (Å²) in [5, 5.41) is 11.2. The molecule has 2 aromatic rings. The van der Waals surface area contributed by atoms with Crippen molar-refractivity contribution < 1.29 is 23.8 Å². The fraction of sp³-hybridized carbons (Fsp3) is 0.143. The first-order valence-electron chi connectivity index (χ1n) is 6.14. The summed E-state index contributed by atoms with van der Waals surface area (Å²) < 4.78 is 10.3. The third-order valence-electron chi connectivity index (χ3n) is 2.57. The van der Waals surface area contributed by atoms with E-state index in [2.05, 4.69) is 5.32 Å². The molecule has 7 nitrogen and oxygen atoms in total. The molecule has 1 aromatic carbocycles. The lowest BCUT2D eigenvalue weighted by atomic mass is 10.3. The average Bonchev–Trinajstić information content (AvgIpc) is 2.95. The second-order valence-corrected chi connectivity index (χ2v) is 4.10. The Balaban J connectivity index is 2.11. The van der Waals surface area contributed by atoms with E-state index >= 15 is 0 Å². The highest BCUT2D eigenvalue weighted by Crippen LogP contribution is 2.24. The zero-order valence-corrected chi connectivity index (χ0v) is 11.0. The monoisotopic (exact) mass is 290 g/mol. The number of hydrogen-bond acceptors (Lipinski definition) is 5. The third-order valence-corrected chi connectivity index (χ3v) is 2.57. The molecule has 0 aliphatic heterocycles. The first-order valence-corrected chi connectivity index (χ1v) is 6.14. The van der Waals surface area contributed by atoms with Gasteiger partial charge in [-0.25, -0.2) is 4.79 Å². The van der Waals surface area contributed by atoms with E-state index in [4.69, 9.17) is 20.0 Å². The van der Waals surface area contributed by atoms with Gasteiger partial charge in [0.05, 0.1) is 12.2 Å². The minimum atomic E-state index is -1.10. The fourth-order valence-corrected chi connectivity index (χ4v) is 1.63. The molecule has 0 aliphatic rings. The Hall–Kier alpha value is -2.80. The summed E-state index contributed by atoms with van der Waals surface area (Å²) in [5.74, 6) is -0.700. The summed E-state index contributed by atoms with van der Waals surface area (Å²) in [6, 6.07) is 9.65. The second-order valence-electron chi connectivity index (χ2n) is 4.10. The Morgan fingerprint density at radius 3 is 2.67 bits per heavy atom. The van der Waals surface area contributed by atoms with E-state index in [1.165, 1.54) is 6.07 Å². The standard InChI is InChI=1S/C14H14N2O5/c15-7-9-5-6-12(21-9)14(19)16-10-3-1-2-4-11(10)20-8-13(17)18/h1-6H,7-8,15H2,(H,16,19)(H,17,18). The summed E-state index contributed by atoms with van der Waals surface area (Å²) in [5.41, 5.74) is 5.76. The lowest BCUT2D eigenvalue weighted by Gasteiger charge is -2.10. The number of carbonyl (C=O) groups is 2. The molecule has 4 N–H and O–H groups in total. The number of amides is 1. The molecule has 0 spiro atoms.